The van der Waals surface area contributed by atoms with Crippen LogP contribution in [0.2, 0.25) is 0 Å². The van der Waals surface area contributed by atoms with Crippen molar-refractivity contribution in [1.29, 1.82) is 0 Å². The fourth-order valence-electron chi connectivity index (χ4n) is 1.74. The van der Waals surface area contributed by atoms with E-state index in [9.17, 15) is 10.2 Å². The summed E-state index contributed by atoms with van der Waals surface area (Å²) >= 11 is 0. The van der Waals surface area contributed by atoms with Gasteiger partial charge in [-0.05, 0) is 25.7 Å². The van der Waals surface area contributed by atoms with Crippen molar-refractivity contribution < 1.29 is 10.2 Å². The smallest absolute Gasteiger partial charge is 0.0540 e. The highest BCUT2D eigenvalue weighted by Gasteiger charge is 2.04. The summed E-state index contributed by atoms with van der Waals surface area (Å²) in [6.07, 6.45) is 9.01. The fourth-order valence-corrected chi connectivity index (χ4v) is 1.74. The van der Waals surface area contributed by atoms with Crippen LogP contribution in [0.25, 0.3) is 0 Å². The van der Waals surface area contributed by atoms with Crippen LogP contribution in [0.3, 0.4) is 0 Å². The van der Waals surface area contributed by atoms with Gasteiger partial charge in [-0.1, -0.05) is 46.0 Å². The van der Waals surface area contributed by atoms with E-state index in [1.165, 1.54) is 12.8 Å². The Morgan fingerprint density at radius 2 is 1.20 bits per heavy atom. The second-order valence-electron chi connectivity index (χ2n) is 4.50. The van der Waals surface area contributed by atoms with Gasteiger partial charge < -0.3 is 10.2 Å². The SMILES string of the molecule is CCCCCC(O)CCCCC(O)CC. The lowest BCUT2D eigenvalue weighted by atomic mass is 10.0. The Morgan fingerprint density at radius 3 is 1.67 bits per heavy atom. The van der Waals surface area contributed by atoms with E-state index in [0.717, 1.165) is 44.9 Å². The molecule has 0 aromatic carbocycles. The van der Waals surface area contributed by atoms with Gasteiger partial charge in [-0.3, -0.25) is 0 Å². The first-order valence-electron chi connectivity index (χ1n) is 6.56. The normalized spacial score (nSPS) is 15.2. The van der Waals surface area contributed by atoms with Gasteiger partial charge in [-0.15, -0.1) is 0 Å². The second-order valence-corrected chi connectivity index (χ2v) is 4.50. The van der Waals surface area contributed by atoms with Crippen LogP contribution in [0.5, 0.6) is 0 Å². The molecule has 0 aliphatic rings. The average Bonchev–Trinajstić information content (AvgIpc) is 2.24. The van der Waals surface area contributed by atoms with E-state index in [0.29, 0.717) is 0 Å². The number of aliphatic hydroxyl groups is 2. The summed E-state index contributed by atoms with van der Waals surface area (Å²) in [6, 6.07) is 0. The van der Waals surface area contributed by atoms with Crippen LogP contribution in [0.15, 0.2) is 0 Å². The molecular formula is C13H28O2. The standard InChI is InChI=1S/C13H28O2/c1-3-5-6-10-13(15)11-8-7-9-12(14)4-2/h12-15H,3-11H2,1-2H3. The molecule has 0 aromatic heterocycles. The zero-order valence-electron chi connectivity index (χ0n) is 10.4. The van der Waals surface area contributed by atoms with Crippen LogP contribution in [0.4, 0.5) is 0 Å². The highest BCUT2D eigenvalue weighted by atomic mass is 16.3. The van der Waals surface area contributed by atoms with Crippen LogP contribution >= 0.6 is 0 Å². The van der Waals surface area contributed by atoms with Crippen molar-refractivity contribution in [3.05, 3.63) is 0 Å². The van der Waals surface area contributed by atoms with Crippen molar-refractivity contribution in [2.24, 2.45) is 0 Å². The van der Waals surface area contributed by atoms with E-state index < -0.39 is 0 Å². The van der Waals surface area contributed by atoms with Crippen LogP contribution in [0, 0.1) is 0 Å². The minimum Gasteiger partial charge on any atom is -0.393 e. The molecule has 0 aliphatic heterocycles. The molecule has 0 saturated heterocycles. The lowest BCUT2D eigenvalue weighted by Crippen LogP contribution is -2.08. The van der Waals surface area contributed by atoms with Crippen molar-refractivity contribution in [2.45, 2.75) is 83.8 Å². The predicted octanol–water partition coefficient (Wildman–Crippen LogP) is 3.26. The maximum atomic E-state index is 9.64. The van der Waals surface area contributed by atoms with Crippen LogP contribution < -0.4 is 0 Å². The lowest BCUT2D eigenvalue weighted by molar-refractivity contribution is 0.135. The monoisotopic (exact) mass is 216 g/mol. The second kappa shape index (κ2) is 10.4. The molecule has 2 nitrogen and oxygen atoms in total. The van der Waals surface area contributed by atoms with Crippen molar-refractivity contribution in [1.82, 2.24) is 0 Å². The summed E-state index contributed by atoms with van der Waals surface area (Å²) in [5.41, 5.74) is 0. The van der Waals surface area contributed by atoms with Crippen LogP contribution in [-0.4, -0.2) is 22.4 Å². The third-order valence-electron chi connectivity index (χ3n) is 2.94. The first kappa shape index (κ1) is 14.9. The third-order valence-corrected chi connectivity index (χ3v) is 2.94. The van der Waals surface area contributed by atoms with E-state index in [1.807, 2.05) is 6.92 Å². The zero-order chi connectivity index (χ0) is 11.5. The molecule has 0 spiro atoms. The minimum absolute atomic E-state index is 0.115. The number of aliphatic hydroxyl groups excluding tert-OH is 2. The highest BCUT2D eigenvalue weighted by molar-refractivity contribution is 4.58. The summed E-state index contributed by atoms with van der Waals surface area (Å²) < 4.78 is 0. The molecule has 0 aromatic rings. The van der Waals surface area contributed by atoms with E-state index >= 15 is 0 Å². The van der Waals surface area contributed by atoms with Gasteiger partial charge in [-0.25, -0.2) is 0 Å². The van der Waals surface area contributed by atoms with E-state index in [1.54, 1.807) is 0 Å². The van der Waals surface area contributed by atoms with Crippen molar-refractivity contribution in [3.63, 3.8) is 0 Å². The molecule has 92 valence electrons. The third kappa shape index (κ3) is 10.2. The molecule has 0 bridgehead atoms. The Kier molecular flexibility index (Phi) is 10.4. The largest absolute Gasteiger partial charge is 0.393 e. The van der Waals surface area contributed by atoms with Gasteiger partial charge in [0.1, 0.15) is 0 Å². The van der Waals surface area contributed by atoms with Crippen molar-refractivity contribution >= 4 is 0 Å². The summed E-state index contributed by atoms with van der Waals surface area (Å²) in [7, 11) is 0. The molecule has 15 heavy (non-hydrogen) atoms. The molecule has 0 radical (unpaired) electrons. The summed E-state index contributed by atoms with van der Waals surface area (Å²) in [5.74, 6) is 0. The van der Waals surface area contributed by atoms with Gasteiger partial charge in [0, 0.05) is 0 Å². The molecule has 0 aliphatic carbocycles. The molecule has 0 amide bonds. The number of rotatable bonds is 10. The molecule has 0 rings (SSSR count). The molecule has 2 unspecified atom stereocenters. The molecule has 2 atom stereocenters. The number of hydrogen-bond donors (Lipinski definition) is 2. The Hall–Kier alpha value is -0.0800. The van der Waals surface area contributed by atoms with E-state index in [4.69, 9.17) is 0 Å². The van der Waals surface area contributed by atoms with Gasteiger partial charge in [0.15, 0.2) is 0 Å². The minimum atomic E-state index is -0.137. The molecule has 0 saturated carbocycles. The first-order chi connectivity index (χ1) is 7.20. The van der Waals surface area contributed by atoms with Crippen molar-refractivity contribution in [3.8, 4) is 0 Å². The number of hydrogen-bond acceptors (Lipinski definition) is 2. The maximum absolute atomic E-state index is 9.64. The Labute approximate surface area is 94.7 Å². The van der Waals surface area contributed by atoms with Crippen LogP contribution in [0.1, 0.15) is 71.6 Å². The van der Waals surface area contributed by atoms with Gasteiger partial charge >= 0.3 is 0 Å². The first-order valence-corrected chi connectivity index (χ1v) is 6.56. The lowest BCUT2D eigenvalue weighted by Gasteiger charge is -2.11. The molecule has 0 fully saturated rings. The van der Waals surface area contributed by atoms with Gasteiger partial charge in [0.05, 0.1) is 12.2 Å². The summed E-state index contributed by atoms with van der Waals surface area (Å²) in [5, 5.41) is 19.0. The Balaban J connectivity index is 3.19. The summed E-state index contributed by atoms with van der Waals surface area (Å²) in [4.78, 5) is 0. The fraction of sp³-hybridized carbons (Fsp3) is 1.00. The number of unbranched alkanes of at least 4 members (excludes halogenated alkanes) is 3. The van der Waals surface area contributed by atoms with E-state index in [2.05, 4.69) is 6.92 Å². The van der Waals surface area contributed by atoms with Gasteiger partial charge in [-0.2, -0.15) is 0 Å². The zero-order valence-corrected chi connectivity index (χ0v) is 10.4. The quantitative estimate of drug-likeness (QED) is 0.550. The van der Waals surface area contributed by atoms with Gasteiger partial charge in [0.25, 0.3) is 0 Å². The Bertz CT molecular complexity index is 126. The van der Waals surface area contributed by atoms with Crippen molar-refractivity contribution in [2.75, 3.05) is 0 Å². The summed E-state index contributed by atoms with van der Waals surface area (Å²) in [6.45, 7) is 4.18. The molecule has 2 heteroatoms. The maximum Gasteiger partial charge on any atom is 0.0540 e. The average molecular weight is 216 g/mol. The van der Waals surface area contributed by atoms with E-state index in [-0.39, 0.29) is 12.2 Å². The molecule has 2 N–H and O–H groups in total. The topological polar surface area (TPSA) is 40.5 Å². The van der Waals surface area contributed by atoms with Gasteiger partial charge in [0.2, 0.25) is 0 Å². The highest BCUT2D eigenvalue weighted by Crippen LogP contribution is 2.12. The molecular weight excluding hydrogens is 188 g/mol. The molecule has 0 heterocycles. The van der Waals surface area contributed by atoms with Crippen LogP contribution in [-0.2, 0) is 0 Å². The Morgan fingerprint density at radius 1 is 0.733 bits per heavy atom. The predicted molar refractivity (Wildman–Crippen MR) is 64.9 cm³/mol.